The lowest BCUT2D eigenvalue weighted by atomic mass is 10.2. The van der Waals surface area contributed by atoms with Gasteiger partial charge in [-0.3, -0.25) is 4.72 Å². The summed E-state index contributed by atoms with van der Waals surface area (Å²) < 4.78 is 38.3. The maximum atomic E-state index is 12.9. The molecule has 0 unspecified atom stereocenters. The average molecular weight is 411 g/mol. The van der Waals surface area contributed by atoms with Gasteiger partial charge in [0, 0.05) is 18.1 Å². The monoisotopic (exact) mass is 410 g/mol. The largest absolute Gasteiger partial charge is 0.465 e. The van der Waals surface area contributed by atoms with Gasteiger partial charge in [0.2, 0.25) is 0 Å². The number of sulfonamides is 1. The number of esters is 1. The third-order valence-corrected chi connectivity index (χ3v) is 5.72. The number of anilines is 2. The van der Waals surface area contributed by atoms with Crippen LogP contribution >= 0.6 is 11.6 Å². The topological polar surface area (TPSA) is 84.9 Å². The zero-order valence-electron chi connectivity index (χ0n) is 14.6. The summed E-state index contributed by atoms with van der Waals surface area (Å²) in [5.41, 5.74) is 1.24. The Kier molecular flexibility index (Phi) is 5.88. The first kappa shape index (κ1) is 19.5. The molecule has 1 fully saturated rings. The fourth-order valence-corrected chi connectivity index (χ4v) is 4.06. The summed E-state index contributed by atoms with van der Waals surface area (Å²) in [6.07, 6.45) is 0. The van der Waals surface area contributed by atoms with E-state index in [2.05, 4.69) is 9.46 Å². The second kappa shape index (κ2) is 8.16. The molecule has 0 bridgehead atoms. The Morgan fingerprint density at radius 2 is 1.93 bits per heavy atom. The molecule has 0 spiro atoms. The van der Waals surface area contributed by atoms with E-state index in [1.54, 1.807) is 18.2 Å². The normalized spacial score (nSPS) is 14.7. The molecule has 0 amide bonds. The lowest BCUT2D eigenvalue weighted by Gasteiger charge is -2.30. The van der Waals surface area contributed by atoms with Crippen LogP contribution in [0, 0.1) is 0 Å². The molecule has 0 atom stereocenters. The number of ether oxygens (including phenoxy) is 2. The van der Waals surface area contributed by atoms with E-state index in [1.807, 2.05) is 4.90 Å². The van der Waals surface area contributed by atoms with Crippen molar-refractivity contribution >= 4 is 39.0 Å². The number of benzene rings is 2. The van der Waals surface area contributed by atoms with Gasteiger partial charge < -0.3 is 14.4 Å². The Bertz CT molecular complexity index is 943. The van der Waals surface area contributed by atoms with Crippen LogP contribution in [-0.4, -0.2) is 47.8 Å². The molecule has 0 radical (unpaired) electrons. The van der Waals surface area contributed by atoms with Crippen molar-refractivity contribution in [2.45, 2.75) is 4.90 Å². The molecular weight excluding hydrogens is 392 g/mol. The zero-order chi connectivity index (χ0) is 19.4. The Labute approximate surface area is 162 Å². The van der Waals surface area contributed by atoms with Crippen LogP contribution in [0.1, 0.15) is 10.4 Å². The second-order valence-electron chi connectivity index (χ2n) is 5.89. The van der Waals surface area contributed by atoms with Crippen molar-refractivity contribution < 1.29 is 22.7 Å². The second-order valence-corrected chi connectivity index (χ2v) is 8.00. The van der Waals surface area contributed by atoms with Crippen molar-refractivity contribution in [3.05, 3.63) is 53.1 Å². The molecule has 7 nitrogen and oxygen atoms in total. The molecule has 144 valence electrons. The summed E-state index contributed by atoms with van der Waals surface area (Å²) in [5, 5.41) is 0.410. The summed E-state index contributed by atoms with van der Waals surface area (Å²) in [7, 11) is -2.69. The number of halogens is 1. The van der Waals surface area contributed by atoms with Gasteiger partial charge in [-0.15, -0.1) is 0 Å². The van der Waals surface area contributed by atoms with Crippen molar-refractivity contribution in [1.82, 2.24) is 0 Å². The summed E-state index contributed by atoms with van der Waals surface area (Å²) in [6, 6.07) is 10.7. The Balaban J connectivity index is 1.94. The Hall–Kier alpha value is -2.29. The third-order valence-electron chi connectivity index (χ3n) is 4.12. The van der Waals surface area contributed by atoms with Gasteiger partial charge in [-0.05, 0) is 36.4 Å². The number of carbonyl (C=O) groups is 1. The quantitative estimate of drug-likeness (QED) is 0.763. The number of carbonyl (C=O) groups excluding carboxylic acids is 1. The van der Waals surface area contributed by atoms with Crippen molar-refractivity contribution in [3.63, 3.8) is 0 Å². The van der Waals surface area contributed by atoms with Gasteiger partial charge in [0.1, 0.15) is 0 Å². The highest BCUT2D eigenvalue weighted by Crippen LogP contribution is 2.31. The molecule has 1 heterocycles. The van der Waals surface area contributed by atoms with Crippen LogP contribution in [0.4, 0.5) is 11.4 Å². The van der Waals surface area contributed by atoms with Gasteiger partial charge in [0.25, 0.3) is 10.0 Å². The lowest BCUT2D eigenvalue weighted by molar-refractivity contribution is 0.0600. The number of hydrogen-bond acceptors (Lipinski definition) is 6. The predicted molar refractivity (Wildman–Crippen MR) is 103 cm³/mol. The number of methoxy groups -OCH3 is 1. The SMILES string of the molecule is COC(=O)c1cccc(S(=O)(=O)Nc2cc(Cl)ccc2N2CCOCC2)c1. The Morgan fingerprint density at radius 1 is 1.19 bits per heavy atom. The van der Waals surface area contributed by atoms with Gasteiger partial charge in [-0.25, -0.2) is 13.2 Å². The van der Waals surface area contributed by atoms with Gasteiger partial charge in [-0.1, -0.05) is 17.7 Å². The van der Waals surface area contributed by atoms with Crippen molar-refractivity contribution in [2.75, 3.05) is 43.0 Å². The van der Waals surface area contributed by atoms with Crippen molar-refractivity contribution in [2.24, 2.45) is 0 Å². The highest BCUT2D eigenvalue weighted by atomic mass is 35.5. The van der Waals surface area contributed by atoms with E-state index in [1.165, 1.54) is 31.4 Å². The summed E-state index contributed by atoms with van der Waals surface area (Å²) in [5.74, 6) is -0.608. The first-order chi connectivity index (χ1) is 12.9. The zero-order valence-corrected chi connectivity index (χ0v) is 16.2. The number of nitrogens with one attached hydrogen (secondary N) is 1. The van der Waals surface area contributed by atoms with Crippen molar-refractivity contribution in [3.8, 4) is 0 Å². The first-order valence-electron chi connectivity index (χ1n) is 8.24. The van der Waals surface area contributed by atoms with E-state index >= 15 is 0 Å². The van der Waals surface area contributed by atoms with Crippen LogP contribution < -0.4 is 9.62 Å². The predicted octanol–water partition coefficient (Wildman–Crippen LogP) is 2.76. The molecule has 1 N–H and O–H groups in total. The van der Waals surface area contributed by atoms with Gasteiger partial charge in [-0.2, -0.15) is 0 Å². The molecule has 0 aromatic heterocycles. The van der Waals surface area contributed by atoms with E-state index in [0.29, 0.717) is 37.0 Å². The Morgan fingerprint density at radius 3 is 2.63 bits per heavy atom. The van der Waals surface area contributed by atoms with Crippen LogP contribution in [0.2, 0.25) is 5.02 Å². The van der Waals surface area contributed by atoms with Crippen LogP contribution in [0.25, 0.3) is 0 Å². The number of nitrogens with zero attached hydrogens (tertiary/aromatic N) is 1. The van der Waals surface area contributed by atoms with Gasteiger partial charge in [0.05, 0.1) is 42.2 Å². The minimum Gasteiger partial charge on any atom is -0.465 e. The van der Waals surface area contributed by atoms with Gasteiger partial charge in [0.15, 0.2) is 0 Å². The summed E-state index contributed by atoms with van der Waals surface area (Å²) in [6.45, 7) is 2.42. The fourth-order valence-electron chi connectivity index (χ4n) is 2.78. The molecule has 3 rings (SSSR count). The number of hydrogen-bond donors (Lipinski definition) is 1. The molecule has 1 aliphatic rings. The first-order valence-corrected chi connectivity index (χ1v) is 10.1. The molecule has 1 saturated heterocycles. The average Bonchev–Trinajstić information content (AvgIpc) is 2.68. The fraction of sp³-hybridized carbons (Fsp3) is 0.278. The minimum atomic E-state index is -3.93. The molecular formula is C18H19ClN2O5S. The molecule has 27 heavy (non-hydrogen) atoms. The van der Waals surface area contributed by atoms with Gasteiger partial charge >= 0.3 is 5.97 Å². The smallest absolute Gasteiger partial charge is 0.337 e. The van der Waals surface area contributed by atoms with Crippen LogP contribution in [0.5, 0.6) is 0 Å². The highest BCUT2D eigenvalue weighted by Gasteiger charge is 2.21. The molecule has 0 aliphatic carbocycles. The highest BCUT2D eigenvalue weighted by molar-refractivity contribution is 7.92. The van der Waals surface area contributed by atoms with Crippen LogP contribution in [0.3, 0.4) is 0 Å². The molecule has 0 saturated carbocycles. The molecule has 1 aliphatic heterocycles. The van der Waals surface area contributed by atoms with Crippen LogP contribution in [0.15, 0.2) is 47.4 Å². The number of morpholine rings is 1. The van der Waals surface area contributed by atoms with E-state index in [4.69, 9.17) is 16.3 Å². The number of rotatable bonds is 5. The minimum absolute atomic E-state index is 0.0432. The van der Waals surface area contributed by atoms with E-state index < -0.39 is 16.0 Å². The summed E-state index contributed by atoms with van der Waals surface area (Å²) in [4.78, 5) is 13.7. The van der Waals surface area contributed by atoms with Crippen molar-refractivity contribution in [1.29, 1.82) is 0 Å². The van der Waals surface area contributed by atoms with E-state index in [-0.39, 0.29) is 10.5 Å². The molecule has 9 heteroatoms. The maximum absolute atomic E-state index is 12.9. The van der Waals surface area contributed by atoms with Crippen LogP contribution in [-0.2, 0) is 19.5 Å². The maximum Gasteiger partial charge on any atom is 0.337 e. The lowest BCUT2D eigenvalue weighted by Crippen LogP contribution is -2.36. The molecule has 2 aromatic carbocycles. The van der Waals surface area contributed by atoms with E-state index in [0.717, 1.165) is 5.69 Å². The van der Waals surface area contributed by atoms with E-state index in [9.17, 15) is 13.2 Å². The molecule has 2 aromatic rings. The standard InChI is InChI=1S/C18H19ClN2O5S/c1-25-18(22)13-3-2-4-15(11-13)27(23,24)20-16-12-14(19)5-6-17(16)21-7-9-26-10-8-21/h2-6,11-12,20H,7-10H2,1H3. The third kappa shape index (κ3) is 4.52. The summed E-state index contributed by atoms with van der Waals surface area (Å²) >= 11 is 6.08.